The van der Waals surface area contributed by atoms with E-state index < -0.39 is 0 Å². The molecule has 0 aromatic heterocycles. The maximum Gasteiger partial charge on any atom is 0.0279 e. The standard InChI is InChI=1S/C8H8NO/c10-9-7-6-8-4-2-1-3-5-8/h1-7,9H. The van der Waals surface area contributed by atoms with Gasteiger partial charge in [-0.3, -0.25) is 0 Å². The van der Waals surface area contributed by atoms with E-state index >= 15 is 0 Å². The lowest BCUT2D eigenvalue weighted by molar-refractivity contribution is 0.116. The molecule has 0 heterocycles. The van der Waals surface area contributed by atoms with E-state index in [2.05, 4.69) is 0 Å². The first-order chi connectivity index (χ1) is 4.93. The van der Waals surface area contributed by atoms with E-state index in [0.717, 1.165) is 5.56 Å². The van der Waals surface area contributed by atoms with Crippen molar-refractivity contribution in [3.8, 4) is 0 Å². The Kier molecular flexibility index (Phi) is 2.52. The van der Waals surface area contributed by atoms with Gasteiger partial charge in [0.1, 0.15) is 0 Å². The fourth-order valence-corrected chi connectivity index (χ4v) is 0.694. The highest BCUT2D eigenvalue weighted by Gasteiger charge is 1.79. The van der Waals surface area contributed by atoms with Gasteiger partial charge in [-0.15, -0.1) is 0 Å². The number of rotatable bonds is 2. The number of hydroxylamine groups is 1. The van der Waals surface area contributed by atoms with Crippen LogP contribution < -0.4 is 5.48 Å². The minimum atomic E-state index is 1.02. The van der Waals surface area contributed by atoms with Crippen LogP contribution in [0.1, 0.15) is 5.56 Å². The summed E-state index contributed by atoms with van der Waals surface area (Å²) in [5, 5.41) is 9.77. The van der Waals surface area contributed by atoms with Crippen molar-refractivity contribution in [2.24, 2.45) is 0 Å². The van der Waals surface area contributed by atoms with E-state index in [1.807, 2.05) is 30.3 Å². The molecule has 0 aliphatic rings. The van der Waals surface area contributed by atoms with E-state index in [-0.39, 0.29) is 0 Å². The molecule has 1 aromatic carbocycles. The van der Waals surface area contributed by atoms with Gasteiger partial charge in [0, 0.05) is 6.20 Å². The Morgan fingerprint density at radius 2 is 1.90 bits per heavy atom. The maximum absolute atomic E-state index is 9.77. The van der Waals surface area contributed by atoms with Crippen LogP contribution in [0.5, 0.6) is 0 Å². The molecule has 1 rings (SSSR count). The molecule has 0 fully saturated rings. The Labute approximate surface area is 59.8 Å². The topological polar surface area (TPSA) is 31.9 Å². The average molecular weight is 134 g/mol. The van der Waals surface area contributed by atoms with Crippen LogP contribution in [0.3, 0.4) is 0 Å². The summed E-state index contributed by atoms with van der Waals surface area (Å²) in [6, 6.07) is 9.62. The van der Waals surface area contributed by atoms with E-state index in [1.165, 1.54) is 6.20 Å². The average Bonchev–Trinajstić information content (AvgIpc) is 2.03. The van der Waals surface area contributed by atoms with Gasteiger partial charge in [-0.1, -0.05) is 35.5 Å². The molecule has 0 aliphatic heterocycles. The molecule has 1 radical (unpaired) electrons. The monoisotopic (exact) mass is 134 g/mol. The van der Waals surface area contributed by atoms with Crippen LogP contribution in [0.4, 0.5) is 0 Å². The van der Waals surface area contributed by atoms with Gasteiger partial charge in [0.15, 0.2) is 0 Å². The Balaban J connectivity index is 2.67. The summed E-state index contributed by atoms with van der Waals surface area (Å²) in [5.41, 5.74) is 2.70. The first kappa shape index (κ1) is 6.83. The van der Waals surface area contributed by atoms with Crippen molar-refractivity contribution in [2.45, 2.75) is 0 Å². The minimum Gasteiger partial charge on any atom is -0.240 e. The SMILES string of the molecule is [O]NC=Cc1ccccc1. The molecule has 0 atom stereocenters. The molecule has 0 unspecified atom stereocenters. The van der Waals surface area contributed by atoms with Gasteiger partial charge in [0.25, 0.3) is 0 Å². The molecule has 2 nitrogen and oxygen atoms in total. The molecular formula is C8H8NO. The zero-order valence-corrected chi connectivity index (χ0v) is 5.45. The van der Waals surface area contributed by atoms with Gasteiger partial charge in [-0.05, 0) is 11.6 Å². The smallest absolute Gasteiger partial charge is 0.0279 e. The normalized spacial score (nSPS) is 10.1. The van der Waals surface area contributed by atoms with Crippen molar-refractivity contribution in [1.82, 2.24) is 5.48 Å². The first-order valence-electron chi connectivity index (χ1n) is 3.03. The summed E-state index contributed by atoms with van der Waals surface area (Å²) >= 11 is 0. The lowest BCUT2D eigenvalue weighted by Gasteiger charge is -1.88. The molecule has 0 saturated heterocycles. The highest BCUT2D eigenvalue weighted by atomic mass is 16.5. The predicted octanol–water partition coefficient (Wildman–Crippen LogP) is 1.59. The van der Waals surface area contributed by atoms with Gasteiger partial charge in [-0.2, -0.15) is 0 Å². The second-order valence-electron chi connectivity index (χ2n) is 1.86. The summed E-state index contributed by atoms with van der Waals surface area (Å²) in [6.45, 7) is 0. The quantitative estimate of drug-likeness (QED) is 0.612. The zero-order chi connectivity index (χ0) is 7.23. The summed E-state index contributed by atoms with van der Waals surface area (Å²) < 4.78 is 0. The van der Waals surface area contributed by atoms with Crippen LogP contribution in [0.25, 0.3) is 6.08 Å². The van der Waals surface area contributed by atoms with Gasteiger partial charge in [0.05, 0.1) is 0 Å². The fourth-order valence-electron chi connectivity index (χ4n) is 0.694. The summed E-state index contributed by atoms with van der Waals surface area (Å²) in [5.74, 6) is 0. The number of nitrogens with one attached hydrogen (secondary N) is 1. The van der Waals surface area contributed by atoms with E-state index in [9.17, 15) is 5.21 Å². The Hall–Kier alpha value is -1.28. The largest absolute Gasteiger partial charge is 0.240 e. The van der Waals surface area contributed by atoms with Crippen LogP contribution in [0.15, 0.2) is 36.5 Å². The summed E-state index contributed by atoms with van der Waals surface area (Å²) in [7, 11) is 0. The van der Waals surface area contributed by atoms with Crippen LogP contribution in [-0.2, 0) is 5.21 Å². The van der Waals surface area contributed by atoms with E-state index in [1.54, 1.807) is 11.6 Å². The molecule has 2 heteroatoms. The molecule has 51 valence electrons. The number of benzene rings is 1. The van der Waals surface area contributed by atoms with Gasteiger partial charge in [0.2, 0.25) is 0 Å². The van der Waals surface area contributed by atoms with E-state index in [0.29, 0.717) is 0 Å². The molecule has 1 N–H and O–H groups in total. The molecule has 0 amide bonds. The maximum atomic E-state index is 9.77. The third kappa shape index (κ3) is 1.91. The second-order valence-corrected chi connectivity index (χ2v) is 1.86. The number of hydrogen-bond acceptors (Lipinski definition) is 1. The molecule has 10 heavy (non-hydrogen) atoms. The van der Waals surface area contributed by atoms with Gasteiger partial charge >= 0.3 is 0 Å². The van der Waals surface area contributed by atoms with E-state index in [4.69, 9.17) is 0 Å². The van der Waals surface area contributed by atoms with Crippen LogP contribution >= 0.6 is 0 Å². The molecule has 0 spiro atoms. The van der Waals surface area contributed by atoms with Crippen LogP contribution in [0.2, 0.25) is 0 Å². The zero-order valence-electron chi connectivity index (χ0n) is 5.45. The van der Waals surface area contributed by atoms with Gasteiger partial charge in [-0.25, -0.2) is 5.48 Å². The molecule has 1 aromatic rings. The summed E-state index contributed by atoms with van der Waals surface area (Å²) in [6.07, 6.45) is 3.07. The third-order valence-corrected chi connectivity index (χ3v) is 1.14. The van der Waals surface area contributed by atoms with Crippen molar-refractivity contribution in [1.29, 1.82) is 0 Å². The fraction of sp³-hybridized carbons (Fsp3) is 0. The Morgan fingerprint density at radius 3 is 2.50 bits per heavy atom. The molecule has 0 bridgehead atoms. The van der Waals surface area contributed by atoms with Crippen molar-refractivity contribution in [2.75, 3.05) is 0 Å². The Morgan fingerprint density at radius 1 is 1.20 bits per heavy atom. The lowest BCUT2D eigenvalue weighted by atomic mass is 10.2. The minimum absolute atomic E-state index is 1.02. The highest BCUT2D eigenvalue weighted by Crippen LogP contribution is 1.98. The second kappa shape index (κ2) is 3.69. The van der Waals surface area contributed by atoms with Crippen molar-refractivity contribution in [3.05, 3.63) is 42.1 Å². The molecule has 0 aliphatic carbocycles. The van der Waals surface area contributed by atoms with Crippen molar-refractivity contribution in [3.63, 3.8) is 0 Å². The molecule has 0 saturated carbocycles. The third-order valence-electron chi connectivity index (χ3n) is 1.14. The Bertz CT molecular complexity index is 206. The lowest BCUT2D eigenvalue weighted by Crippen LogP contribution is -1.88. The van der Waals surface area contributed by atoms with Crippen molar-refractivity contribution < 1.29 is 5.21 Å². The van der Waals surface area contributed by atoms with Gasteiger partial charge < -0.3 is 0 Å². The highest BCUT2D eigenvalue weighted by molar-refractivity contribution is 5.47. The van der Waals surface area contributed by atoms with Crippen molar-refractivity contribution >= 4 is 6.08 Å². The molecular weight excluding hydrogens is 126 g/mol. The van der Waals surface area contributed by atoms with Crippen LogP contribution in [-0.4, -0.2) is 0 Å². The first-order valence-corrected chi connectivity index (χ1v) is 3.03. The summed E-state index contributed by atoms with van der Waals surface area (Å²) in [4.78, 5) is 0. The number of hydrogen-bond donors (Lipinski definition) is 1. The predicted molar refractivity (Wildman–Crippen MR) is 39.3 cm³/mol. The van der Waals surface area contributed by atoms with Crippen LogP contribution in [0, 0.1) is 0 Å².